The van der Waals surface area contributed by atoms with Crippen LogP contribution in [0.25, 0.3) is 0 Å². The van der Waals surface area contributed by atoms with E-state index in [1.165, 1.54) is 0 Å². The Bertz CT molecular complexity index is 578. The fraction of sp³-hybridized carbons (Fsp3) is 0.300. The first-order valence-electron chi connectivity index (χ1n) is 4.91. The van der Waals surface area contributed by atoms with E-state index in [9.17, 15) is 35.5 Å². The molecule has 0 saturated heterocycles. The van der Waals surface area contributed by atoms with Crippen LogP contribution in [0.3, 0.4) is 0 Å². The second-order valence-corrected chi connectivity index (χ2v) is 4.99. The Morgan fingerprint density at radius 1 is 0.909 bits per heavy atom. The van der Waals surface area contributed by atoms with Crippen LogP contribution >= 0.6 is 34.8 Å². The molecule has 1 rings (SSSR count). The quantitative estimate of drug-likeness (QED) is 0.391. The summed E-state index contributed by atoms with van der Waals surface area (Å²) in [6, 6.07) is 1.69. The van der Waals surface area contributed by atoms with E-state index >= 15 is 0 Å². The van der Waals surface area contributed by atoms with Crippen LogP contribution in [0, 0.1) is 0 Å². The lowest BCUT2D eigenvalue weighted by molar-refractivity contribution is -0.346. The lowest BCUT2D eigenvalue weighted by atomic mass is 10.1. The van der Waals surface area contributed by atoms with Gasteiger partial charge in [-0.3, -0.25) is 0 Å². The van der Waals surface area contributed by atoms with Crippen LogP contribution in [0.5, 0.6) is 5.75 Å². The number of hydrogen-bond acceptors (Lipinski definition) is 2. The molecule has 0 spiro atoms. The number of halogens is 10. The molecule has 0 saturated carbocycles. The molecule has 0 aliphatic carbocycles. The second-order valence-electron chi connectivity index (χ2n) is 3.73. The Hall–Kier alpha value is -0.930. The van der Waals surface area contributed by atoms with Crippen LogP contribution in [0.15, 0.2) is 12.1 Å². The van der Waals surface area contributed by atoms with E-state index in [2.05, 4.69) is 4.74 Å². The Morgan fingerprint density at radius 3 is 1.68 bits per heavy atom. The van der Waals surface area contributed by atoms with E-state index in [4.69, 9.17) is 34.8 Å². The second kappa shape index (κ2) is 5.93. The molecular formula is C10H2Cl3F7O2. The molecule has 124 valence electrons. The smallest absolute Gasteiger partial charge is 0.419 e. The Balaban J connectivity index is 3.18. The molecule has 0 heterocycles. The van der Waals surface area contributed by atoms with Crippen molar-refractivity contribution in [3.63, 3.8) is 0 Å². The maximum atomic E-state index is 13.1. The predicted molar refractivity (Wildman–Crippen MR) is 63.1 cm³/mol. The number of benzene rings is 1. The van der Waals surface area contributed by atoms with E-state index in [-0.39, 0.29) is 5.02 Å². The summed E-state index contributed by atoms with van der Waals surface area (Å²) in [5.41, 5.74) is 0. The topological polar surface area (TPSA) is 26.3 Å². The van der Waals surface area contributed by atoms with Crippen molar-refractivity contribution in [2.75, 3.05) is 0 Å². The summed E-state index contributed by atoms with van der Waals surface area (Å²) >= 11 is 16.3. The van der Waals surface area contributed by atoms with Crippen LogP contribution in [0.1, 0.15) is 0 Å². The molecule has 12 heteroatoms. The number of alkyl halides is 7. The average molecular weight is 393 g/mol. The molecular weight excluding hydrogens is 391 g/mol. The SMILES string of the molecule is O=C(Oc1c(Cl)cc(Cl)cc1Cl)C(F)(F)C(F)(F)C(F)(F)F. The van der Waals surface area contributed by atoms with Crippen molar-refractivity contribution in [1.29, 1.82) is 0 Å². The number of rotatable bonds is 3. The molecule has 0 fully saturated rings. The van der Waals surface area contributed by atoms with Gasteiger partial charge in [0.25, 0.3) is 0 Å². The van der Waals surface area contributed by atoms with Crippen molar-refractivity contribution in [1.82, 2.24) is 0 Å². The molecule has 0 atom stereocenters. The zero-order chi connectivity index (χ0) is 17.5. The lowest BCUT2D eigenvalue weighted by Crippen LogP contribution is -2.57. The first-order valence-corrected chi connectivity index (χ1v) is 6.04. The Labute approximate surface area is 132 Å². The van der Waals surface area contributed by atoms with Gasteiger partial charge in [-0.1, -0.05) is 34.8 Å². The van der Waals surface area contributed by atoms with Gasteiger partial charge in [0.2, 0.25) is 0 Å². The summed E-state index contributed by atoms with van der Waals surface area (Å²) in [6.07, 6.45) is -6.68. The molecule has 0 N–H and O–H groups in total. The summed E-state index contributed by atoms with van der Waals surface area (Å²) in [5, 5.41) is -1.41. The number of esters is 1. The highest BCUT2D eigenvalue weighted by Gasteiger charge is 2.77. The minimum atomic E-state index is -6.68. The zero-order valence-corrected chi connectivity index (χ0v) is 12.0. The van der Waals surface area contributed by atoms with Gasteiger partial charge in [-0.15, -0.1) is 0 Å². The standard InChI is InChI=1S/C10H2Cl3F7O2/c11-3-1-4(12)6(5(13)2-3)22-7(21)8(14,15)9(16,17)10(18,19)20/h1-2H. The fourth-order valence-corrected chi connectivity index (χ4v) is 1.98. The van der Waals surface area contributed by atoms with Crippen molar-refractivity contribution in [3.8, 4) is 5.75 Å². The molecule has 0 radical (unpaired) electrons. The molecule has 2 nitrogen and oxygen atoms in total. The van der Waals surface area contributed by atoms with Gasteiger partial charge in [0.05, 0.1) is 10.0 Å². The molecule has 0 aromatic heterocycles. The first-order chi connectivity index (χ1) is 9.71. The van der Waals surface area contributed by atoms with Crippen LogP contribution < -0.4 is 4.74 Å². The van der Waals surface area contributed by atoms with Gasteiger partial charge in [0.15, 0.2) is 5.75 Å². The third-order valence-electron chi connectivity index (χ3n) is 2.16. The van der Waals surface area contributed by atoms with Crippen molar-refractivity contribution >= 4 is 40.8 Å². The highest BCUT2D eigenvalue weighted by Crippen LogP contribution is 2.47. The lowest BCUT2D eigenvalue weighted by Gasteiger charge is -2.26. The summed E-state index contributed by atoms with van der Waals surface area (Å²) in [4.78, 5) is 11.0. The number of carbonyl (C=O) groups is 1. The monoisotopic (exact) mass is 392 g/mol. The van der Waals surface area contributed by atoms with Gasteiger partial charge in [-0.25, -0.2) is 4.79 Å². The van der Waals surface area contributed by atoms with Gasteiger partial charge < -0.3 is 4.74 Å². The molecule has 0 bridgehead atoms. The van der Waals surface area contributed by atoms with Gasteiger partial charge in [0.1, 0.15) is 0 Å². The summed E-state index contributed by atoms with van der Waals surface area (Å²) in [7, 11) is 0. The molecule has 0 amide bonds. The van der Waals surface area contributed by atoms with Gasteiger partial charge in [-0.2, -0.15) is 30.7 Å². The van der Waals surface area contributed by atoms with Crippen molar-refractivity contribution in [3.05, 3.63) is 27.2 Å². The van der Waals surface area contributed by atoms with Gasteiger partial charge in [0, 0.05) is 5.02 Å². The molecule has 1 aromatic rings. The van der Waals surface area contributed by atoms with E-state index < -0.39 is 39.8 Å². The molecule has 0 unspecified atom stereocenters. The van der Waals surface area contributed by atoms with Gasteiger partial charge >= 0.3 is 24.0 Å². The van der Waals surface area contributed by atoms with E-state index in [1.807, 2.05) is 0 Å². The zero-order valence-electron chi connectivity index (χ0n) is 9.75. The Kier molecular flexibility index (Phi) is 5.16. The van der Waals surface area contributed by atoms with E-state index in [1.54, 1.807) is 0 Å². The summed E-state index contributed by atoms with van der Waals surface area (Å²) < 4.78 is 91.0. The Morgan fingerprint density at radius 2 is 1.32 bits per heavy atom. The predicted octanol–water partition coefficient (Wildman–Crippen LogP) is 5.39. The minimum Gasteiger partial charge on any atom is -0.419 e. The molecule has 22 heavy (non-hydrogen) atoms. The number of hydrogen-bond donors (Lipinski definition) is 0. The first kappa shape index (κ1) is 19.1. The van der Waals surface area contributed by atoms with E-state index in [0.717, 1.165) is 12.1 Å². The van der Waals surface area contributed by atoms with Crippen molar-refractivity contribution < 1.29 is 40.3 Å². The number of carbonyl (C=O) groups excluding carboxylic acids is 1. The summed E-state index contributed by atoms with van der Waals surface area (Å²) in [6.45, 7) is 0. The van der Waals surface area contributed by atoms with Crippen LogP contribution in [-0.2, 0) is 4.79 Å². The normalized spacial score (nSPS) is 13.2. The van der Waals surface area contributed by atoms with Gasteiger partial charge in [-0.05, 0) is 12.1 Å². The minimum absolute atomic E-state index is 0.123. The third kappa shape index (κ3) is 3.36. The van der Waals surface area contributed by atoms with Crippen LogP contribution in [0.4, 0.5) is 30.7 Å². The van der Waals surface area contributed by atoms with Crippen LogP contribution in [-0.4, -0.2) is 24.0 Å². The average Bonchev–Trinajstić information content (AvgIpc) is 2.31. The third-order valence-corrected chi connectivity index (χ3v) is 2.94. The molecule has 0 aliphatic heterocycles. The summed E-state index contributed by atoms with van der Waals surface area (Å²) in [5.74, 6) is -17.1. The number of ether oxygens (including phenoxy) is 1. The molecule has 0 aliphatic rings. The fourth-order valence-electron chi connectivity index (χ4n) is 1.09. The largest absolute Gasteiger partial charge is 0.460 e. The maximum absolute atomic E-state index is 13.1. The maximum Gasteiger partial charge on any atom is 0.460 e. The van der Waals surface area contributed by atoms with Crippen molar-refractivity contribution in [2.45, 2.75) is 18.0 Å². The van der Waals surface area contributed by atoms with Crippen molar-refractivity contribution in [2.24, 2.45) is 0 Å². The molecule has 1 aromatic carbocycles. The highest BCUT2D eigenvalue weighted by atomic mass is 35.5. The van der Waals surface area contributed by atoms with E-state index in [0.29, 0.717) is 0 Å². The van der Waals surface area contributed by atoms with Crippen LogP contribution in [0.2, 0.25) is 15.1 Å². The highest BCUT2D eigenvalue weighted by molar-refractivity contribution is 6.40.